The van der Waals surface area contributed by atoms with Gasteiger partial charge in [-0.15, -0.1) is 0 Å². The standard InChI is InChI=1S/C23H32N2O5S/c1-16-9-10-17(2)21(14-16)25(31(6,27)28)13-7-8-23(26)24-18(3)20-15-19(29-4)11-12-22(20)30-5/h9-12,14-15,18H,7-8,13H2,1-6H3,(H,24,26)/t18-/m0/s1. The van der Waals surface area contributed by atoms with E-state index in [9.17, 15) is 13.2 Å². The Labute approximate surface area is 185 Å². The molecule has 8 heteroatoms. The van der Waals surface area contributed by atoms with E-state index in [-0.39, 0.29) is 24.9 Å². The van der Waals surface area contributed by atoms with Gasteiger partial charge in [0.05, 0.1) is 32.2 Å². The van der Waals surface area contributed by atoms with Crippen molar-refractivity contribution in [3.63, 3.8) is 0 Å². The van der Waals surface area contributed by atoms with Gasteiger partial charge in [0.1, 0.15) is 11.5 Å². The first kappa shape index (κ1) is 24.5. The van der Waals surface area contributed by atoms with Gasteiger partial charge < -0.3 is 14.8 Å². The molecule has 0 aliphatic heterocycles. The molecule has 0 saturated heterocycles. The fourth-order valence-electron chi connectivity index (χ4n) is 3.41. The number of hydrogen-bond acceptors (Lipinski definition) is 5. The number of sulfonamides is 1. The fraction of sp³-hybridized carbons (Fsp3) is 0.435. The number of hydrogen-bond donors (Lipinski definition) is 1. The zero-order chi connectivity index (χ0) is 23.2. The predicted octanol–water partition coefficient (Wildman–Crippen LogP) is 3.74. The van der Waals surface area contributed by atoms with Crippen molar-refractivity contribution < 1.29 is 22.7 Å². The van der Waals surface area contributed by atoms with Crippen molar-refractivity contribution in [2.24, 2.45) is 0 Å². The third kappa shape index (κ3) is 6.62. The van der Waals surface area contributed by atoms with E-state index in [4.69, 9.17) is 9.47 Å². The number of nitrogens with one attached hydrogen (secondary N) is 1. The summed E-state index contributed by atoms with van der Waals surface area (Å²) >= 11 is 0. The Morgan fingerprint density at radius 1 is 1.10 bits per heavy atom. The summed E-state index contributed by atoms with van der Waals surface area (Å²) in [5.74, 6) is 1.17. The molecule has 31 heavy (non-hydrogen) atoms. The highest BCUT2D eigenvalue weighted by Crippen LogP contribution is 2.29. The number of carbonyl (C=O) groups excluding carboxylic acids is 1. The van der Waals surface area contributed by atoms with E-state index in [1.165, 1.54) is 10.6 Å². The van der Waals surface area contributed by atoms with E-state index in [0.29, 0.717) is 23.6 Å². The van der Waals surface area contributed by atoms with Crippen LogP contribution in [-0.2, 0) is 14.8 Å². The molecule has 7 nitrogen and oxygen atoms in total. The van der Waals surface area contributed by atoms with Gasteiger partial charge in [0.25, 0.3) is 0 Å². The highest BCUT2D eigenvalue weighted by atomic mass is 32.2. The maximum atomic E-state index is 12.5. The molecule has 2 rings (SSSR count). The fourth-order valence-corrected chi connectivity index (χ4v) is 4.42. The second-order valence-electron chi connectivity index (χ2n) is 7.63. The Bertz CT molecular complexity index is 1020. The van der Waals surface area contributed by atoms with Gasteiger partial charge in [0.15, 0.2) is 0 Å². The zero-order valence-electron chi connectivity index (χ0n) is 19.1. The van der Waals surface area contributed by atoms with Crippen LogP contribution in [0.1, 0.15) is 42.5 Å². The monoisotopic (exact) mass is 448 g/mol. The molecule has 2 aromatic carbocycles. The van der Waals surface area contributed by atoms with Gasteiger partial charge in [0.2, 0.25) is 15.9 Å². The molecule has 1 N–H and O–H groups in total. The summed E-state index contributed by atoms with van der Waals surface area (Å²) in [7, 11) is -0.309. The SMILES string of the molecule is COc1ccc(OC)c([C@H](C)NC(=O)CCCN(c2cc(C)ccc2C)S(C)(=O)=O)c1. The average molecular weight is 449 g/mol. The number of methoxy groups -OCH3 is 2. The van der Waals surface area contributed by atoms with Crippen LogP contribution in [0.5, 0.6) is 11.5 Å². The first-order valence-corrected chi connectivity index (χ1v) is 12.0. The third-order valence-corrected chi connectivity index (χ3v) is 6.26. The number of amides is 1. The zero-order valence-corrected chi connectivity index (χ0v) is 19.9. The van der Waals surface area contributed by atoms with Crippen LogP contribution in [0.2, 0.25) is 0 Å². The van der Waals surface area contributed by atoms with Gasteiger partial charge in [0, 0.05) is 18.5 Å². The number of rotatable bonds is 10. The highest BCUT2D eigenvalue weighted by molar-refractivity contribution is 7.92. The molecule has 0 radical (unpaired) electrons. The summed E-state index contributed by atoms with van der Waals surface area (Å²) < 4.78 is 36.8. The van der Waals surface area contributed by atoms with Crippen LogP contribution >= 0.6 is 0 Å². The minimum Gasteiger partial charge on any atom is -0.497 e. The van der Waals surface area contributed by atoms with E-state index < -0.39 is 10.0 Å². The molecule has 0 unspecified atom stereocenters. The summed E-state index contributed by atoms with van der Waals surface area (Å²) in [5.41, 5.74) is 3.31. The first-order valence-electron chi connectivity index (χ1n) is 10.1. The molecule has 2 aromatic rings. The van der Waals surface area contributed by atoms with Crippen LogP contribution in [0.15, 0.2) is 36.4 Å². The molecular formula is C23H32N2O5S. The molecule has 1 atom stereocenters. The van der Waals surface area contributed by atoms with E-state index >= 15 is 0 Å². The Balaban J connectivity index is 2.04. The van der Waals surface area contributed by atoms with Crippen molar-refractivity contribution in [1.82, 2.24) is 5.32 Å². The van der Waals surface area contributed by atoms with Crippen LogP contribution in [0.25, 0.3) is 0 Å². The van der Waals surface area contributed by atoms with Gasteiger partial charge in [-0.3, -0.25) is 9.10 Å². The van der Waals surface area contributed by atoms with Crippen molar-refractivity contribution in [2.75, 3.05) is 31.3 Å². The van der Waals surface area contributed by atoms with Crippen molar-refractivity contribution in [3.05, 3.63) is 53.1 Å². The second kappa shape index (κ2) is 10.5. The Morgan fingerprint density at radius 3 is 2.42 bits per heavy atom. The lowest BCUT2D eigenvalue weighted by Gasteiger charge is -2.25. The molecule has 0 saturated carbocycles. The minimum absolute atomic E-state index is 0.160. The number of nitrogens with zero attached hydrogens (tertiary/aromatic N) is 1. The van der Waals surface area contributed by atoms with Crippen LogP contribution in [-0.4, -0.2) is 41.3 Å². The lowest BCUT2D eigenvalue weighted by molar-refractivity contribution is -0.121. The van der Waals surface area contributed by atoms with Crippen LogP contribution < -0.4 is 19.1 Å². The van der Waals surface area contributed by atoms with E-state index in [0.717, 1.165) is 16.7 Å². The number of ether oxygens (including phenoxy) is 2. The highest BCUT2D eigenvalue weighted by Gasteiger charge is 2.20. The molecule has 0 aliphatic carbocycles. The molecular weight excluding hydrogens is 416 g/mol. The number of anilines is 1. The molecule has 0 heterocycles. The smallest absolute Gasteiger partial charge is 0.232 e. The Hall–Kier alpha value is -2.74. The lowest BCUT2D eigenvalue weighted by atomic mass is 10.1. The molecule has 1 amide bonds. The van der Waals surface area contributed by atoms with Crippen molar-refractivity contribution in [2.45, 2.75) is 39.7 Å². The quantitative estimate of drug-likeness (QED) is 0.598. The van der Waals surface area contributed by atoms with Crippen LogP contribution in [0, 0.1) is 13.8 Å². The van der Waals surface area contributed by atoms with Crippen LogP contribution in [0.3, 0.4) is 0 Å². The summed E-state index contributed by atoms with van der Waals surface area (Å²) in [4.78, 5) is 12.5. The van der Waals surface area contributed by atoms with Crippen LogP contribution in [0.4, 0.5) is 5.69 Å². The van der Waals surface area contributed by atoms with E-state index in [1.807, 2.05) is 45.0 Å². The Kier molecular flexibility index (Phi) is 8.33. The van der Waals surface area contributed by atoms with Gasteiger partial charge in [-0.25, -0.2) is 8.42 Å². The topological polar surface area (TPSA) is 84.9 Å². The molecule has 0 bridgehead atoms. The number of aryl methyl sites for hydroxylation is 2. The number of carbonyl (C=O) groups is 1. The molecule has 0 aromatic heterocycles. The van der Waals surface area contributed by atoms with E-state index in [2.05, 4.69) is 5.32 Å². The summed E-state index contributed by atoms with van der Waals surface area (Å²) in [6.45, 7) is 5.90. The first-order chi connectivity index (χ1) is 14.6. The second-order valence-corrected chi connectivity index (χ2v) is 9.53. The molecule has 0 spiro atoms. The number of benzene rings is 2. The Morgan fingerprint density at radius 2 is 1.81 bits per heavy atom. The largest absolute Gasteiger partial charge is 0.497 e. The van der Waals surface area contributed by atoms with E-state index in [1.54, 1.807) is 26.4 Å². The normalized spacial score (nSPS) is 12.2. The van der Waals surface area contributed by atoms with Gasteiger partial charge in [-0.05, 0) is 62.6 Å². The maximum Gasteiger partial charge on any atom is 0.232 e. The third-order valence-electron chi connectivity index (χ3n) is 5.08. The van der Waals surface area contributed by atoms with Crippen molar-refractivity contribution in [1.29, 1.82) is 0 Å². The predicted molar refractivity (Wildman–Crippen MR) is 123 cm³/mol. The molecule has 0 aliphatic rings. The lowest BCUT2D eigenvalue weighted by Crippen LogP contribution is -2.33. The average Bonchev–Trinajstić information content (AvgIpc) is 2.71. The van der Waals surface area contributed by atoms with Gasteiger partial charge in [-0.1, -0.05) is 12.1 Å². The van der Waals surface area contributed by atoms with Crippen molar-refractivity contribution in [3.8, 4) is 11.5 Å². The van der Waals surface area contributed by atoms with Gasteiger partial charge in [-0.2, -0.15) is 0 Å². The summed E-state index contributed by atoms with van der Waals surface area (Å²) in [5, 5.41) is 2.95. The summed E-state index contributed by atoms with van der Waals surface area (Å²) in [6.07, 6.45) is 1.79. The van der Waals surface area contributed by atoms with Gasteiger partial charge >= 0.3 is 0 Å². The summed E-state index contributed by atoms with van der Waals surface area (Å²) in [6, 6.07) is 10.8. The molecule has 0 fully saturated rings. The maximum absolute atomic E-state index is 12.5. The minimum atomic E-state index is -3.47. The van der Waals surface area contributed by atoms with Crippen molar-refractivity contribution >= 4 is 21.6 Å². The molecule has 170 valence electrons.